The second kappa shape index (κ2) is 5.21. The van der Waals surface area contributed by atoms with Crippen LogP contribution in [0, 0.1) is 5.92 Å². The summed E-state index contributed by atoms with van der Waals surface area (Å²) in [6.45, 7) is 7.49. The molecule has 1 N–H and O–H groups in total. The van der Waals surface area contributed by atoms with E-state index < -0.39 is 17.5 Å². The van der Waals surface area contributed by atoms with Crippen LogP contribution < -0.4 is 0 Å². The van der Waals surface area contributed by atoms with Crippen molar-refractivity contribution in [1.29, 1.82) is 0 Å². The molecule has 98 valence electrons. The quantitative estimate of drug-likeness (QED) is 0.834. The second-order valence-electron chi connectivity index (χ2n) is 5.00. The maximum Gasteiger partial charge on any atom is 0.339 e. The van der Waals surface area contributed by atoms with E-state index in [1.54, 1.807) is 26.0 Å². The Morgan fingerprint density at radius 3 is 2.11 bits per heavy atom. The summed E-state index contributed by atoms with van der Waals surface area (Å²) in [7, 11) is 0. The smallest absolute Gasteiger partial charge is 0.339 e. The molecule has 4 heteroatoms. The minimum Gasteiger partial charge on any atom is -0.478 e. The number of carboxylic acid groups (broad SMARTS) is 1. The Hall–Kier alpha value is -1.84. The fraction of sp³-hybridized carbons (Fsp3) is 0.429. The fourth-order valence-corrected chi connectivity index (χ4v) is 1.26. The number of carbonyl (C=O) groups excluding carboxylic acids is 1. The molecule has 0 spiro atoms. The number of ether oxygens (including phenoxy) is 1. The van der Waals surface area contributed by atoms with Crippen LogP contribution in [0.2, 0.25) is 0 Å². The van der Waals surface area contributed by atoms with Crippen molar-refractivity contribution in [3.05, 3.63) is 35.4 Å². The highest BCUT2D eigenvalue weighted by Crippen LogP contribution is 2.23. The Morgan fingerprint density at radius 1 is 1.17 bits per heavy atom. The Labute approximate surface area is 107 Å². The molecule has 0 aliphatic rings. The molecule has 0 aromatic heterocycles. The van der Waals surface area contributed by atoms with Crippen LogP contribution in [-0.4, -0.2) is 22.6 Å². The Morgan fingerprint density at radius 2 is 1.67 bits per heavy atom. The van der Waals surface area contributed by atoms with Crippen molar-refractivity contribution < 1.29 is 19.4 Å². The van der Waals surface area contributed by atoms with Gasteiger partial charge in [-0.2, -0.15) is 0 Å². The van der Waals surface area contributed by atoms with Crippen molar-refractivity contribution in [2.75, 3.05) is 0 Å². The standard InChI is InChI=1S/C14H18O4/c1-9(2)14(3,4)18-13(17)11-8-6-5-7-10(11)12(15)16/h5-9H,1-4H3,(H,15,16). The normalized spacial score (nSPS) is 11.4. The van der Waals surface area contributed by atoms with Crippen molar-refractivity contribution in [3.8, 4) is 0 Å². The lowest BCUT2D eigenvalue weighted by atomic mass is 9.94. The van der Waals surface area contributed by atoms with Gasteiger partial charge in [-0.05, 0) is 31.9 Å². The summed E-state index contributed by atoms with van der Waals surface area (Å²) in [5.74, 6) is -1.60. The zero-order valence-corrected chi connectivity index (χ0v) is 11.1. The summed E-state index contributed by atoms with van der Waals surface area (Å²) in [5.41, 5.74) is -0.594. The van der Waals surface area contributed by atoms with Gasteiger partial charge in [-0.15, -0.1) is 0 Å². The summed E-state index contributed by atoms with van der Waals surface area (Å²) in [6.07, 6.45) is 0. The van der Waals surface area contributed by atoms with Gasteiger partial charge in [-0.1, -0.05) is 26.0 Å². The fourth-order valence-electron chi connectivity index (χ4n) is 1.26. The lowest BCUT2D eigenvalue weighted by Crippen LogP contribution is -2.34. The lowest BCUT2D eigenvalue weighted by molar-refractivity contribution is -0.0224. The van der Waals surface area contributed by atoms with Gasteiger partial charge in [0.05, 0.1) is 11.1 Å². The van der Waals surface area contributed by atoms with E-state index in [-0.39, 0.29) is 17.0 Å². The highest BCUT2D eigenvalue weighted by molar-refractivity contribution is 6.02. The summed E-state index contributed by atoms with van der Waals surface area (Å²) in [5, 5.41) is 9.01. The summed E-state index contributed by atoms with van der Waals surface area (Å²) >= 11 is 0. The highest BCUT2D eigenvalue weighted by atomic mass is 16.6. The van der Waals surface area contributed by atoms with E-state index in [2.05, 4.69) is 0 Å². The van der Waals surface area contributed by atoms with Crippen LogP contribution in [0.1, 0.15) is 48.4 Å². The molecular weight excluding hydrogens is 232 g/mol. The number of aromatic carboxylic acids is 1. The largest absolute Gasteiger partial charge is 0.478 e. The second-order valence-corrected chi connectivity index (χ2v) is 5.00. The van der Waals surface area contributed by atoms with Gasteiger partial charge in [0, 0.05) is 0 Å². The van der Waals surface area contributed by atoms with Gasteiger partial charge in [0.2, 0.25) is 0 Å². The molecule has 1 rings (SSSR count). The third kappa shape index (κ3) is 3.09. The van der Waals surface area contributed by atoms with Crippen molar-refractivity contribution in [3.63, 3.8) is 0 Å². The summed E-state index contributed by atoms with van der Waals surface area (Å²) < 4.78 is 5.37. The van der Waals surface area contributed by atoms with E-state index in [4.69, 9.17) is 9.84 Å². The van der Waals surface area contributed by atoms with Crippen molar-refractivity contribution >= 4 is 11.9 Å². The first-order valence-electron chi connectivity index (χ1n) is 5.81. The number of rotatable bonds is 4. The van der Waals surface area contributed by atoms with E-state index in [0.29, 0.717) is 0 Å². The molecule has 0 unspecified atom stereocenters. The molecule has 1 aromatic carbocycles. The number of carboxylic acids is 1. The molecule has 18 heavy (non-hydrogen) atoms. The van der Waals surface area contributed by atoms with Gasteiger partial charge in [-0.25, -0.2) is 9.59 Å². The first-order valence-corrected chi connectivity index (χ1v) is 5.81. The predicted octanol–water partition coefficient (Wildman–Crippen LogP) is 2.98. The number of benzene rings is 1. The zero-order chi connectivity index (χ0) is 13.9. The maximum atomic E-state index is 12.0. The van der Waals surface area contributed by atoms with E-state index in [9.17, 15) is 9.59 Å². The van der Waals surface area contributed by atoms with Crippen LogP contribution in [0.3, 0.4) is 0 Å². The third-order valence-corrected chi connectivity index (χ3v) is 3.12. The first kappa shape index (κ1) is 14.2. The topological polar surface area (TPSA) is 63.6 Å². The van der Waals surface area contributed by atoms with Gasteiger partial charge < -0.3 is 9.84 Å². The van der Waals surface area contributed by atoms with Gasteiger partial charge in [0.1, 0.15) is 5.60 Å². The van der Waals surface area contributed by atoms with Gasteiger partial charge in [-0.3, -0.25) is 0 Å². The van der Waals surface area contributed by atoms with E-state index in [1.165, 1.54) is 12.1 Å². The molecule has 0 fully saturated rings. The molecule has 1 aromatic rings. The van der Waals surface area contributed by atoms with Crippen LogP contribution >= 0.6 is 0 Å². The molecule has 0 aliphatic carbocycles. The van der Waals surface area contributed by atoms with Crippen LogP contribution in [0.15, 0.2) is 24.3 Å². The van der Waals surface area contributed by atoms with Crippen LogP contribution in [0.5, 0.6) is 0 Å². The number of hydrogen-bond acceptors (Lipinski definition) is 3. The van der Waals surface area contributed by atoms with Crippen molar-refractivity contribution in [1.82, 2.24) is 0 Å². The number of esters is 1. The molecule has 4 nitrogen and oxygen atoms in total. The van der Waals surface area contributed by atoms with Gasteiger partial charge in [0.25, 0.3) is 0 Å². The molecular formula is C14H18O4. The monoisotopic (exact) mass is 250 g/mol. The lowest BCUT2D eigenvalue weighted by Gasteiger charge is -2.29. The summed E-state index contributed by atoms with van der Waals surface area (Å²) in [6, 6.07) is 6.04. The SMILES string of the molecule is CC(C)C(C)(C)OC(=O)c1ccccc1C(=O)O. The number of carbonyl (C=O) groups is 2. The Balaban J connectivity index is 3.02. The van der Waals surface area contributed by atoms with Crippen LogP contribution in [-0.2, 0) is 4.74 Å². The molecule has 0 radical (unpaired) electrons. The Kier molecular flexibility index (Phi) is 4.11. The van der Waals surface area contributed by atoms with Crippen molar-refractivity contribution in [2.45, 2.75) is 33.3 Å². The number of hydrogen-bond donors (Lipinski definition) is 1. The molecule has 0 atom stereocenters. The molecule has 0 bridgehead atoms. The van der Waals surface area contributed by atoms with Crippen molar-refractivity contribution in [2.24, 2.45) is 5.92 Å². The average molecular weight is 250 g/mol. The first-order chi connectivity index (χ1) is 8.25. The van der Waals surface area contributed by atoms with E-state index >= 15 is 0 Å². The summed E-state index contributed by atoms with van der Waals surface area (Å²) in [4.78, 5) is 23.0. The zero-order valence-electron chi connectivity index (χ0n) is 11.1. The molecule has 0 saturated heterocycles. The van der Waals surface area contributed by atoms with Gasteiger partial charge >= 0.3 is 11.9 Å². The van der Waals surface area contributed by atoms with Crippen LogP contribution in [0.4, 0.5) is 0 Å². The molecule has 0 saturated carbocycles. The van der Waals surface area contributed by atoms with E-state index in [0.717, 1.165) is 0 Å². The molecule has 0 aliphatic heterocycles. The maximum absolute atomic E-state index is 12.0. The average Bonchev–Trinajstić information content (AvgIpc) is 2.28. The minimum absolute atomic E-state index is 0.0398. The van der Waals surface area contributed by atoms with E-state index in [1.807, 2.05) is 13.8 Å². The molecule has 0 heterocycles. The Bertz CT molecular complexity index is 461. The molecule has 0 amide bonds. The minimum atomic E-state index is -1.13. The highest BCUT2D eigenvalue weighted by Gasteiger charge is 2.29. The van der Waals surface area contributed by atoms with Crippen LogP contribution in [0.25, 0.3) is 0 Å². The third-order valence-electron chi connectivity index (χ3n) is 3.12. The predicted molar refractivity (Wildman–Crippen MR) is 67.7 cm³/mol. The van der Waals surface area contributed by atoms with Gasteiger partial charge in [0.15, 0.2) is 0 Å².